The molecule has 1 saturated heterocycles. The predicted molar refractivity (Wildman–Crippen MR) is 74.1 cm³/mol. The van der Waals surface area contributed by atoms with Crippen LogP contribution in [0.15, 0.2) is 24.5 Å². The van der Waals surface area contributed by atoms with Crippen molar-refractivity contribution in [3.8, 4) is 0 Å². The van der Waals surface area contributed by atoms with E-state index in [0.29, 0.717) is 12.8 Å². The summed E-state index contributed by atoms with van der Waals surface area (Å²) in [5.41, 5.74) is 0.233. The molecule has 4 heteroatoms. The van der Waals surface area contributed by atoms with Gasteiger partial charge in [-0.05, 0) is 51.3 Å². The van der Waals surface area contributed by atoms with Crippen molar-refractivity contribution in [2.45, 2.75) is 44.6 Å². The summed E-state index contributed by atoms with van der Waals surface area (Å²) in [5.74, 6) is -0.716. The van der Waals surface area contributed by atoms with Crippen LogP contribution in [0.2, 0.25) is 0 Å². The third kappa shape index (κ3) is 2.63. The van der Waals surface area contributed by atoms with E-state index in [1.165, 1.54) is 0 Å². The van der Waals surface area contributed by atoms with Gasteiger partial charge in [0.1, 0.15) is 0 Å². The molecule has 1 N–H and O–H groups in total. The minimum Gasteiger partial charge on any atom is -0.481 e. The third-order valence-corrected chi connectivity index (χ3v) is 4.21. The Kier molecular flexibility index (Phi) is 3.63. The van der Waals surface area contributed by atoms with Gasteiger partial charge >= 0.3 is 5.97 Å². The second-order valence-electron chi connectivity index (χ2n) is 6.28. The highest BCUT2D eigenvalue weighted by Crippen LogP contribution is 2.37. The topological polar surface area (TPSA) is 53.4 Å². The van der Waals surface area contributed by atoms with Crippen molar-refractivity contribution >= 4 is 5.97 Å². The molecule has 0 bridgehead atoms. The molecule has 0 aromatic carbocycles. The van der Waals surface area contributed by atoms with Crippen molar-refractivity contribution in [2.24, 2.45) is 0 Å². The molecule has 1 aliphatic rings. The molecule has 1 fully saturated rings. The van der Waals surface area contributed by atoms with Gasteiger partial charge in [0.05, 0.1) is 5.41 Å². The summed E-state index contributed by atoms with van der Waals surface area (Å²) >= 11 is 0. The Morgan fingerprint density at radius 1 is 1.26 bits per heavy atom. The van der Waals surface area contributed by atoms with Crippen molar-refractivity contribution in [2.75, 3.05) is 13.1 Å². The van der Waals surface area contributed by atoms with Crippen LogP contribution in [0.1, 0.15) is 39.2 Å². The van der Waals surface area contributed by atoms with Crippen LogP contribution < -0.4 is 0 Å². The van der Waals surface area contributed by atoms with Crippen LogP contribution in [0.5, 0.6) is 0 Å². The van der Waals surface area contributed by atoms with E-state index in [1.54, 1.807) is 12.4 Å². The van der Waals surface area contributed by atoms with Gasteiger partial charge in [0, 0.05) is 31.0 Å². The van der Waals surface area contributed by atoms with Gasteiger partial charge in [-0.2, -0.15) is 0 Å². The minimum absolute atomic E-state index is 0.100. The fraction of sp³-hybridized carbons (Fsp3) is 0.600. The van der Waals surface area contributed by atoms with Crippen molar-refractivity contribution < 1.29 is 9.90 Å². The Bertz CT molecular complexity index is 443. The Morgan fingerprint density at radius 3 is 2.21 bits per heavy atom. The fourth-order valence-corrected chi connectivity index (χ4v) is 2.86. The number of carboxylic acids is 1. The first-order valence-electron chi connectivity index (χ1n) is 6.75. The number of hydrogen-bond donors (Lipinski definition) is 1. The highest BCUT2D eigenvalue weighted by Gasteiger charge is 2.44. The van der Waals surface area contributed by atoms with Crippen molar-refractivity contribution in [1.82, 2.24) is 9.88 Å². The Labute approximate surface area is 114 Å². The second kappa shape index (κ2) is 4.93. The summed E-state index contributed by atoms with van der Waals surface area (Å²) in [6.45, 7) is 8.16. The lowest BCUT2D eigenvalue weighted by molar-refractivity contribution is -0.146. The van der Waals surface area contributed by atoms with E-state index in [4.69, 9.17) is 0 Å². The smallest absolute Gasteiger partial charge is 0.314 e. The zero-order valence-corrected chi connectivity index (χ0v) is 11.9. The van der Waals surface area contributed by atoms with Crippen LogP contribution in [0.4, 0.5) is 0 Å². The van der Waals surface area contributed by atoms with Gasteiger partial charge in [0.15, 0.2) is 0 Å². The summed E-state index contributed by atoms with van der Waals surface area (Å²) in [6.07, 6.45) is 4.67. The van der Waals surface area contributed by atoms with E-state index in [0.717, 1.165) is 18.7 Å². The molecule has 104 valence electrons. The van der Waals surface area contributed by atoms with Gasteiger partial charge in [-0.3, -0.25) is 14.7 Å². The molecule has 0 amide bonds. The molecule has 1 aromatic rings. The Hall–Kier alpha value is -1.42. The van der Waals surface area contributed by atoms with Crippen LogP contribution in [0, 0.1) is 0 Å². The first-order chi connectivity index (χ1) is 8.86. The zero-order valence-electron chi connectivity index (χ0n) is 11.9. The van der Waals surface area contributed by atoms with Crippen LogP contribution >= 0.6 is 0 Å². The van der Waals surface area contributed by atoms with Gasteiger partial charge < -0.3 is 5.11 Å². The maximum Gasteiger partial charge on any atom is 0.314 e. The predicted octanol–water partition coefficient (Wildman–Crippen LogP) is 2.30. The number of rotatable bonds is 2. The van der Waals surface area contributed by atoms with Gasteiger partial charge in [0.25, 0.3) is 0 Å². The van der Waals surface area contributed by atoms with Gasteiger partial charge in [0.2, 0.25) is 0 Å². The SMILES string of the molecule is CC(C)(C)N1CCC(C(=O)O)(c2ccncc2)CC1. The standard InChI is InChI=1S/C15H22N2O2/c1-14(2,3)17-10-6-15(7-11-17,13(18)19)12-4-8-16-9-5-12/h4-5,8-9H,6-7,10-11H2,1-3H3,(H,18,19). The van der Waals surface area contributed by atoms with Gasteiger partial charge in [-0.15, -0.1) is 0 Å². The molecular weight excluding hydrogens is 240 g/mol. The molecular formula is C15H22N2O2. The monoisotopic (exact) mass is 262 g/mol. The minimum atomic E-state index is -0.745. The van der Waals surface area contributed by atoms with Crippen LogP contribution in [-0.4, -0.2) is 39.6 Å². The van der Waals surface area contributed by atoms with Gasteiger partial charge in [-0.25, -0.2) is 0 Å². The van der Waals surface area contributed by atoms with E-state index in [2.05, 4.69) is 30.7 Å². The largest absolute Gasteiger partial charge is 0.481 e. The third-order valence-electron chi connectivity index (χ3n) is 4.21. The van der Waals surface area contributed by atoms with Crippen LogP contribution in [0.25, 0.3) is 0 Å². The number of piperidine rings is 1. The van der Waals surface area contributed by atoms with Crippen molar-refractivity contribution in [3.63, 3.8) is 0 Å². The molecule has 0 aliphatic carbocycles. The summed E-state index contributed by atoms with van der Waals surface area (Å²) in [6, 6.07) is 3.67. The highest BCUT2D eigenvalue weighted by atomic mass is 16.4. The zero-order chi connectivity index (χ0) is 14.1. The number of carbonyl (C=O) groups is 1. The molecule has 19 heavy (non-hydrogen) atoms. The maximum atomic E-state index is 11.8. The number of hydrogen-bond acceptors (Lipinski definition) is 3. The first kappa shape index (κ1) is 14.0. The molecule has 1 aromatic heterocycles. The molecule has 0 atom stereocenters. The molecule has 4 nitrogen and oxygen atoms in total. The van der Waals surface area contributed by atoms with E-state index < -0.39 is 11.4 Å². The van der Waals surface area contributed by atoms with E-state index in [1.807, 2.05) is 12.1 Å². The second-order valence-corrected chi connectivity index (χ2v) is 6.28. The number of nitrogens with zero attached hydrogens (tertiary/aromatic N) is 2. The van der Waals surface area contributed by atoms with Crippen molar-refractivity contribution in [1.29, 1.82) is 0 Å². The fourth-order valence-electron chi connectivity index (χ4n) is 2.86. The summed E-state index contributed by atoms with van der Waals surface area (Å²) in [5, 5.41) is 9.69. The van der Waals surface area contributed by atoms with Crippen LogP contribution in [-0.2, 0) is 10.2 Å². The number of aliphatic carboxylic acids is 1. The Balaban J connectivity index is 2.24. The van der Waals surface area contributed by atoms with Gasteiger partial charge in [-0.1, -0.05) is 0 Å². The molecule has 0 radical (unpaired) electrons. The van der Waals surface area contributed by atoms with Crippen molar-refractivity contribution in [3.05, 3.63) is 30.1 Å². The average molecular weight is 262 g/mol. The Morgan fingerprint density at radius 2 is 1.79 bits per heavy atom. The lowest BCUT2D eigenvalue weighted by Crippen LogP contribution is -2.52. The maximum absolute atomic E-state index is 11.8. The lowest BCUT2D eigenvalue weighted by Gasteiger charge is -2.44. The van der Waals surface area contributed by atoms with E-state index in [9.17, 15) is 9.90 Å². The normalized spacial score (nSPS) is 20.2. The molecule has 2 rings (SSSR count). The van der Waals surface area contributed by atoms with Crippen LogP contribution in [0.3, 0.4) is 0 Å². The lowest BCUT2D eigenvalue weighted by atomic mass is 9.72. The summed E-state index contributed by atoms with van der Waals surface area (Å²) < 4.78 is 0. The van der Waals surface area contributed by atoms with E-state index in [-0.39, 0.29) is 5.54 Å². The number of aromatic nitrogens is 1. The quantitative estimate of drug-likeness (QED) is 0.888. The summed E-state index contributed by atoms with van der Waals surface area (Å²) in [4.78, 5) is 18.1. The number of carboxylic acid groups (broad SMARTS) is 1. The molecule has 1 aliphatic heterocycles. The number of pyridine rings is 1. The molecule has 0 saturated carbocycles. The van der Waals surface area contributed by atoms with E-state index >= 15 is 0 Å². The molecule has 0 spiro atoms. The molecule has 0 unspecified atom stereocenters. The number of likely N-dealkylation sites (tertiary alicyclic amines) is 1. The summed E-state index contributed by atoms with van der Waals surface area (Å²) in [7, 11) is 0. The average Bonchev–Trinajstić information content (AvgIpc) is 2.38. The molecule has 2 heterocycles. The highest BCUT2D eigenvalue weighted by molar-refractivity contribution is 5.81. The first-order valence-corrected chi connectivity index (χ1v) is 6.75.